The van der Waals surface area contributed by atoms with Crippen molar-refractivity contribution >= 4 is 10.8 Å². The topological polar surface area (TPSA) is 81.5 Å². The molecule has 0 aromatic heterocycles. The van der Waals surface area contributed by atoms with Gasteiger partial charge in [-0.25, -0.2) is 0 Å². The van der Waals surface area contributed by atoms with Crippen molar-refractivity contribution in [1.29, 1.82) is 0 Å². The average Bonchev–Trinajstić information content (AvgIpc) is 1.99. The number of nitrogens with two attached hydrogens (primary N) is 1. The normalized spacial score (nSPS) is 16.3. The van der Waals surface area contributed by atoms with Crippen molar-refractivity contribution in [3.05, 3.63) is 0 Å². The van der Waals surface area contributed by atoms with Crippen LogP contribution in [0.3, 0.4) is 0 Å². The summed E-state index contributed by atoms with van der Waals surface area (Å²) < 4.78 is 28.7. The van der Waals surface area contributed by atoms with Gasteiger partial charge in [0.25, 0.3) is 0 Å². The molecule has 0 aliphatic rings. The smallest absolute Gasteiger partial charge is 0.158 e. The first-order valence-corrected chi connectivity index (χ1v) is 4.73. The van der Waals surface area contributed by atoms with Crippen LogP contribution in [0.2, 0.25) is 0 Å². The van der Waals surface area contributed by atoms with Crippen LogP contribution in [-0.2, 0) is 28.0 Å². The highest BCUT2D eigenvalue weighted by molar-refractivity contribution is 7.88. The van der Waals surface area contributed by atoms with Crippen LogP contribution in [0.25, 0.3) is 0 Å². The van der Waals surface area contributed by atoms with Gasteiger partial charge in [-0.05, 0) is 10.7 Å². The lowest BCUT2D eigenvalue weighted by molar-refractivity contribution is 0.153. The molecular formula is C5H13NO4S+. The third kappa shape index (κ3) is 6.39. The zero-order chi connectivity index (χ0) is 8.74. The van der Waals surface area contributed by atoms with Crippen LogP contribution < -0.4 is 5.90 Å². The van der Waals surface area contributed by atoms with E-state index in [0.29, 0.717) is 6.42 Å². The Morgan fingerprint density at radius 1 is 1.45 bits per heavy atom. The number of hydrogen-bond donors (Lipinski definition) is 1. The van der Waals surface area contributed by atoms with Crippen molar-refractivity contribution < 1.29 is 17.2 Å². The van der Waals surface area contributed by atoms with Crippen LogP contribution in [0.5, 0.6) is 0 Å². The highest BCUT2D eigenvalue weighted by Gasteiger charge is 2.31. The van der Waals surface area contributed by atoms with E-state index < -0.39 is 10.8 Å². The molecule has 1 atom stereocenters. The summed E-state index contributed by atoms with van der Waals surface area (Å²) in [5.74, 6) is 4.41. The van der Waals surface area contributed by atoms with Gasteiger partial charge in [0, 0.05) is 4.21 Å². The molecule has 11 heavy (non-hydrogen) atoms. The van der Waals surface area contributed by atoms with Crippen molar-refractivity contribution in [3.63, 3.8) is 0 Å². The fourth-order valence-electron chi connectivity index (χ4n) is 0.541. The minimum absolute atomic E-state index is 0.132. The van der Waals surface area contributed by atoms with E-state index in [-0.39, 0.29) is 6.61 Å². The molecule has 0 bridgehead atoms. The van der Waals surface area contributed by atoms with E-state index in [1.54, 1.807) is 0 Å². The number of unbranched alkanes of at least 4 members (excludes halogenated alkanes) is 2. The molecular weight excluding hydrogens is 170 g/mol. The minimum Gasteiger partial charge on any atom is -0.158 e. The first-order valence-electron chi connectivity index (χ1n) is 3.40. The van der Waals surface area contributed by atoms with Crippen molar-refractivity contribution in [3.8, 4) is 0 Å². The summed E-state index contributed by atoms with van der Waals surface area (Å²) in [6.07, 6.45) is 2.63. The molecule has 0 amide bonds. The van der Waals surface area contributed by atoms with Gasteiger partial charge in [-0.2, -0.15) is 5.90 Å². The summed E-state index contributed by atoms with van der Waals surface area (Å²) in [4.78, 5) is 0. The van der Waals surface area contributed by atoms with Crippen LogP contribution in [0, 0.1) is 0 Å². The second-order valence-corrected chi connectivity index (χ2v) is 3.28. The SMILES string of the molecule is CCCCCO[S+]([O])(=O)ON. The van der Waals surface area contributed by atoms with Crippen LogP contribution in [0.15, 0.2) is 0 Å². The predicted octanol–water partition coefficient (Wildman–Crippen LogP) is 0.758. The van der Waals surface area contributed by atoms with E-state index in [0.717, 1.165) is 12.8 Å². The second-order valence-electron chi connectivity index (χ2n) is 2.03. The lowest BCUT2D eigenvalue weighted by Crippen LogP contribution is -2.20. The van der Waals surface area contributed by atoms with Crippen LogP contribution in [0.1, 0.15) is 26.2 Å². The second kappa shape index (κ2) is 5.62. The Morgan fingerprint density at radius 2 is 2.09 bits per heavy atom. The van der Waals surface area contributed by atoms with Crippen LogP contribution in [-0.4, -0.2) is 6.61 Å². The molecule has 2 N–H and O–H groups in total. The standard InChI is InChI=1S/C5H13NO4S/c1-2-3-4-5-9-11(7,8)10-6/h2-6H2,1H3/q+1. The Labute approximate surface area is 67.5 Å². The average molecular weight is 183 g/mol. The van der Waals surface area contributed by atoms with E-state index in [9.17, 15) is 8.76 Å². The maximum atomic E-state index is 10.4. The van der Waals surface area contributed by atoms with Crippen molar-refractivity contribution in [2.75, 3.05) is 6.61 Å². The third-order valence-electron chi connectivity index (χ3n) is 1.09. The van der Waals surface area contributed by atoms with Crippen molar-refractivity contribution in [2.45, 2.75) is 26.2 Å². The molecule has 0 saturated carbocycles. The predicted molar refractivity (Wildman–Crippen MR) is 39.5 cm³/mol. The quantitative estimate of drug-likeness (QED) is 0.374. The third-order valence-corrected chi connectivity index (χ3v) is 1.78. The zero-order valence-corrected chi connectivity index (χ0v) is 7.26. The Hall–Kier alpha value is -0.0100. The van der Waals surface area contributed by atoms with E-state index in [4.69, 9.17) is 0 Å². The van der Waals surface area contributed by atoms with Gasteiger partial charge in [0.05, 0.1) is 0 Å². The summed E-state index contributed by atoms with van der Waals surface area (Å²) >= 11 is 0. The molecule has 0 aliphatic heterocycles. The van der Waals surface area contributed by atoms with E-state index in [2.05, 4.69) is 14.4 Å². The minimum atomic E-state index is -3.92. The van der Waals surface area contributed by atoms with Gasteiger partial charge >= 0.3 is 10.8 Å². The number of hydrogen-bond acceptors (Lipinski definition) is 4. The van der Waals surface area contributed by atoms with Gasteiger partial charge in [0.15, 0.2) is 0 Å². The molecule has 5 nitrogen and oxygen atoms in total. The highest BCUT2D eigenvalue weighted by atomic mass is 32.3. The maximum absolute atomic E-state index is 10.4. The summed E-state index contributed by atoms with van der Waals surface area (Å²) in [5.41, 5.74) is 0. The molecule has 0 aromatic carbocycles. The Balaban J connectivity index is 3.31. The lowest BCUT2D eigenvalue weighted by Gasteiger charge is -1.95. The van der Waals surface area contributed by atoms with E-state index >= 15 is 0 Å². The van der Waals surface area contributed by atoms with Crippen LogP contribution in [0.4, 0.5) is 0 Å². The van der Waals surface area contributed by atoms with Gasteiger partial charge in [-0.1, -0.05) is 19.8 Å². The molecule has 1 radical (unpaired) electrons. The number of rotatable bonds is 6. The first-order chi connectivity index (χ1) is 5.12. The van der Waals surface area contributed by atoms with Crippen LogP contribution >= 0.6 is 0 Å². The van der Waals surface area contributed by atoms with Crippen molar-refractivity contribution in [2.24, 2.45) is 5.90 Å². The Bertz CT molecular complexity index is 140. The largest absolute Gasteiger partial charge is 0.564 e. The van der Waals surface area contributed by atoms with Gasteiger partial charge in [0.1, 0.15) is 11.2 Å². The molecule has 67 valence electrons. The van der Waals surface area contributed by atoms with Gasteiger partial charge in [0.2, 0.25) is 0 Å². The summed E-state index contributed by atoms with van der Waals surface area (Å²) in [7, 11) is -3.92. The molecule has 0 aromatic rings. The van der Waals surface area contributed by atoms with Gasteiger partial charge in [-0.3, -0.25) is 0 Å². The summed E-state index contributed by atoms with van der Waals surface area (Å²) in [5, 5.41) is 0. The fraction of sp³-hybridized carbons (Fsp3) is 1.00. The van der Waals surface area contributed by atoms with Gasteiger partial charge in [-0.15, -0.1) is 4.18 Å². The molecule has 0 aliphatic carbocycles. The van der Waals surface area contributed by atoms with E-state index in [1.807, 2.05) is 6.92 Å². The molecule has 0 spiro atoms. The monoisotopic (exact) mass is 183 g/mol. The zero-order valence-electron chi connectivity index (χ0n) is 6.45. The molecule has 0 fully saturated rings. The molecule has 0 heterocycles. The molecule has 1 unspecified atom stereocenters. The summed E-state index contributed by atoms with van der Waals surface area (Å²) in [6.45, 7) is 2.14. The molecule has 0 saturated heterocycles. The summed E-state index contributed by atoms with van der Waals surface area (Å²) in [6, 6.07) is 0. The van der Waals surface area contributed by atoms with E-state index in [1.165, 1.54) is 0 Å². The maximum Gasteiger partial charge on any atom is 0.564 e. The van der Waals surface area contributed by atoms with Gasteiger partial charge < -0.3 is 0 Å². The Kier molecular flexibility index (Phi) is 5.61. The first kappa shape index (κ1) is 11.0. The Morgan fingerprint density at radius 3 is 2.55 bits per heavy atom. The van der Waals surface area contributed by atoms with Crippen molar-refractivity contribution in [1.82, 2.24) is 0 Å². The molecule has 6 heteroatoms. The fourth-order valence-corrected chi connectivity index (χ4v) is 0.918. The molecule has 0 rings (SSSR count). The highest BCUT2D eigenvalue weighted by Crippen LogP contribution is 2.04. The lowest BCUT2D eigenvalue weighted by atomic mass is 10.3.